The van der Waals surface area contributed by atoms with Crippen molar-refractivity contribution in [2.75, 3.05) is 7.11 Å². The lowest BCUT2D eigenvalue weighted by Crippen LogP contribution is -2.13. The Morgan fingerprint density at radius 1 is 1.00 bits per heavy atom. The van der Waals surface area contributed by atoms with Crippen molar-refractivity contribution in [1.29, 1.82) is 0 Å². The van der Waals surface area contributed by atoms with Gasteiger partial charge in [-0.15, -0.1) is 0 Å². The number of methoxy groups -OCH3 is 1. The topological polar surface area (TPSA) is 27.7 Å². The summed E-state index contributed by atoms with van der Waals surface area (Å²) in [7, 11) is 1.65. The van der Waals surface area contributed by atoms with Gasteiger partial charge in [-0.3, -0.25) is 0 Å². The SMILES string of the molecule is COc1ccc(C2OC(C)C(C)O2)cc1. The number of ether oxygens (including phenoxy) is 3. The molecule has 2 unspecified atom stereocenters. The zero-order valence-corrected chi connectivity index (χ0v) is 9.27. The summed E-state index contributed by atoms with van der Waals surface area (Å²) in [6.07, 6.45) is 0.0649. The van der Waals surface area contributed by atoms with Crippen LogP contribution in [-0.4, -0.2) is 19.3 Å². The lowest BCUT2D eigenvalue weighted by molar-refractivity contribution is -0.0652. The third-order valence-electron chi connectivity index (χ3n) is 2.73. The van der Waals surface area contributed by atoms with Crippen molar-refractivity contribution in [2.45, 2.75) is 32.3 Å². The van der Waals surface area contributed by atoms with Crippen molar-refractivity contribution in [2.24, 2.45) is 0 Å². The molecule has 0 amide bonds. The zero-order valence-electron chi connectivity index (χ0n) is 9.27. The highest BCUT2D eigenvalue weighted by Crippen LogP contribution is 2.31. The van der Waals surface area contributed by atoms with Crippen LogP contribution in [0.3, 0.4) is 0 Å². The van der Waals surface area contributed by atoms with Gasteiger partial charge in [0, 0.05) is 5.56 Å². The minimum absolute atomic E-state index is 0.150. The summed E-state index contributed by atoms with van der Waals surface area (Å²) in [6, 6.07) is 7.76. The molecule has 0 bridgehead atoms. The minimum atomic E-state index is -0.235. The lowest BCUT2D eigenvalue weighted by Gasteiger charge is -2.10. The molecule has 1 aliphatic heterocycles. The van der Waals surface area contributed by atoms with Gasteiger partial charge in [0.2, 0.25) is 0 Å². The third kappa shape index (κ3) is 2.13. The third-order valence-corrected chi connectivity index (χ3v) is 2.73. The first kappa shape index (κ1) is 10.5. The fourth-order valence-corrected chi connectivity index (χ4v) is 1.56. The van der Waals surface area contributed by atoms with Gasteiger partial charge < -0.3 is 14.2 Å². The lowest BCUT2D eigenvalue weighted by atomic mass is 10.2. The van der Waals surface area contributed by atoms with E-state index in [0.717, 1.165) is 11.3 Å². The van der Waals surface area contributed by atoms with Crippen LogP contribution in [0.25, 0.3) is 0 Å². The molecule has 2 atom stereocenters. The maximum Gasteiger partial charge on any atom is 0.184 e. The summed E-state index contributed by atoms with van der Waals surface area (Å²) < 4.78 is 16.4. The monoisotopic (exact) mass is 208 g/mol. The zero-order chi connectivity index (χ0) is 10.8. The fraction of sp³-hybridized carbons (Fsp3) is 0.500. The first-order valence-corrected chi connectivity index (χ1v) is 5.15. The Hall–Kier alpha value is -1.06. The molecular formula is C12H16O3. The van der Waals surface area contributed by atoms with Crippen LogP contribution in [-0.2, 0) is 9.47 Å². The second kappa shape index (κ2) is 4.21. The molecular weight excluding hydrogens is 192 g/mol. The molecule has 82 valence electrons. The van der Waals surface area contributed by atoms with E-state index in [1.54, 1.807) is 7.11 Å². The van der Waals surface area contributed by atoms with Crippen molar-refractivity contribution < 1.29 is 14.2 Å². The van der Waals surface area contributed by atoms with E-state index in [4.69, 9.17) is 14.2 Å². The Bertz CT molecular complexity index is 310. The van der Waals surface area contributed by atoms with Gasteiger partial charge in [-0.1, -0.05) is 12.1 Å². The average Bonchev–Trinajstić information content (AvgIpc) is 2.59. The second-order valence-electron chi connectivity index (χ2n) is 3.79. The van der Waals surface area contributed by atoms with E-state index in [2.05, 4.69) is 0 Å². The molecule has 0 aliphatic carbocycles. The molecule has 0 aromatic heterocycles. The van der Waals surface area contributed by atoms with Crippen LogP contribution < -0.4 is 4.74 Å². The van der Waals surface area contributed by atoms with Crippen LogP contribution in [0, 0.1) is 0 Å². The number of hydrogen-bond acceptors (Lipinski definition) is 3. The van der Waals surface area contributed by atoms with Gasteiger partial charge in [0.05, 0.1) is 19.3 Å². The van der Waals surface area contributed by atoms with Crippen molar-refractivity contribution in [3.63, 3.8) is 0 Å². The Morgan fingerprint density at radius 3 is 2.00 bits per heavy atom. The molecule has 0 N–H and O–H groups in total. The first-order chi connectivity index (χ1) is 7.20. The van der Waals surface area contributed by atoms with E-state index in [0.29, 0.717) is 0 Å². The molecule has 15 heavy (non-hydrogen) atoms. The van der Waals surface area contributed by atoms with Crippen LogP contribution in [0.2, 0.25) is 0 Å². The van der Waals surface area contributed by atoms with Crippen LogP contribution >= 0.6 is 0 Å². The van der Waals surface area contributed by atoms with Crippen LogP contribution in [0.1, 0.15) is 25.7 Å². The maximum absolute atomic E-state index is 5.67. The van der Waals surface area contributed by atoms with E-state index in [1.807, 2.05) is 38.1 Å². The van der Waals surface area contributed by atoms with Gasteiger partial charge in [0.15, 0.2) is 6.29 Å². The van der Waals surface area contributed by atoms with E-state index < -0.39 is 0 Å². The van der Waals surface area contributed by atoms with Gasteiger partial charge in [0.25, 0.3) is 0 Å². The number of rotatable bonds is 2. The van der Waals surface area contributed by atoms with Crippen LogP contribution in [0.4, 0.5) is 0 Å². The molecule has 0 spiro atoms. The highest BCUT2D eigenvalue weighted by atomic mass is 16.7. The van der Waals surface area contributed by atoms with E-state index in [1.165, 1.54) is 0 Å². The number of hydrogen-bond donors (Lipinski definition) is 0. The van der Waals surface area contributed by atoms with Crippen molar-refractivity contribution in [1.82, 2.24) is 0 Å². The van der Waals surface area contributed by atoms with Gasteiger partial charge in [-0.25, -0.2) is 0 Å². The standard InChI is InChI=1S/C12H16O3/c1-8-9(2)15-12(14-8)10-4-6-11(13-3)7-5-10/h4-9,12H,1-3H3. The molecule has 0 radical (unpaired) electrons. The minimum Gasteiger partial charge on any atom is -0.497 e. The van der Waals surface area contributed by atoms with Crippen LogP contribution in [0.5, 0.6) is 5.75 Å². The van der Waals surface area contributed by atoms with Gasteiger partial charge in [-0.2, -0.15) is 0 Å². The molecule has 3 nitrogen and oxygen atoms in total. The largest absolute Gasteiger partial charge is 0.497 e. The summed E-state index contributed by atoms with van der Waals surface area (Å²) in [5, 5.41) is 0. The highest BCUT2D eigenvalue weighted by molar-refractivity contribution is 5.28. The Kier molecular flexibility index (Phi) is 2.93. The summed E-state index contributed by atoms with van der Waals surface area (Å²) >= 11 is 0. The fourth-order valence-electron chi connectivity index (χ4n) is 1.56. The molecule has 1 saturated heterocycles. The van der Waals surface area contributed by atoms with Gasteiger partial charge in [-0.05, 0) is 26.0 Å². The van der Waals surface area contributed by atoms with Crippen molar-refractivity contribution in [3.05, 3.63) is 29.8 Å². The average molecular weight is 208 g/mol. The predicted octanol–water partition coefficient (Wildman–Crippen LogP) is 2.52. The Morgan fingerprint density at radius 2 is 1.53 bits per heavy atom. The summed E-state index contributed by atoms with van der Waals surface area (Å²) in [5.41, 5.74) is 1.03. The predicted molar refractivity (Wildman–Crippen MR) is 56.8 cm³/mol. The van der Waals surface area contributed by atoms with E-state index >= 15 is 0 Å². The summed E-state index contributed by atoms with van der Waals surface area (Å²) in [5.74, 6) is 0.845. The molecule has 2 rings (SSSR count). The number of benzene rings is 1. The van der Waals surface area contributed by atoms with Crippen LogP contribution in [0.15, 0.2) is 24.3 Å². The molecule has 1 aromatic rings. The molecule has 1 fully saturated rings. The highest BCUT2D eigenvalue weighted by Gasteiger charge is 2.30. The summed E-state index contributed by atoms with van der Waals surface area (Å²) in [6.45, 7) is 4.04. The Balaban J connectivity index is 2.10. The van der Waals surface area contributed by atoms with Crippen molar-refractivity contribution >= 4 is 0 Å². The van der Waals surface area contributed by atoms with E-state index in [-0.39, 0.29) is 18.5 Å². The van der Waals surface area contributed by atoms with Gasteiger partial charge in [0.1, 0.15) is 5.75 Å². The van der Waals surface area contributed by atoms with E-state index in [9.17, 15) is 0 Å². The second-order valence-corrected chi connectivity index (χ2v) is 3.79. The van der Waals surface area contributed by atoms with Gasteiger partial charge >= 0.3 is 0 Å². The quantitative estimate of drug-likeness (QED) is 0.747. The Labute approximate surface area is 90.0 Å². The molecule has 1 heterocycles. The normalized spacial score (nSPS) is 30.5. The molecule has 1 aromatic carbocycles. The first-order valence-electron chi connectivity index (χ1n) is 5.15. The smallest absolute Gasteiger partial charge is 0.184 e. The summed E-state index contributed by atoms with van der Waals surface area (Å²) in [4.78, 5) is 0. The molecule has 3 heteroatoms. The molecule has 0 saturated carbocycles. The molecule has 1 aliphatic rings. The maximum atomic E-state index is 5.67. The van der Waals surface area contributed by atoms with Crippen molar-refractivity contribution in [3.8, 4) is 5.75 Å².